The molecule has 0 aliphatic carbocycles. The van der Waals surface area contributed by atoms with Crippen LogP contribution in [0, 0.1) is 5.92 Å². The zero-order valence-electron chi connectivity index (χ0n) is 17.1. The molecule has 6 heteroatoms. The average molecular weight is 408 g/mol. The molecule has 0 aromatic heterocycles. The maximum atomic E-state index is 12.3. The van der Waals surface area contributed by atoms with Crippen LogP contribution in [-0.2, 0) is 32.0 Å². The van der Waals surface area contributed by atoms with Gasteiger partial charge in [-0.25, -0.2) is 0 Å². The smallest absolute Gasteiger partial charge is 0.325 e. The fourth-order valence-corrected chi connectivity index (χ4v) is 3.63. The minimum absolute atomic E-state index is 0.183. The summed E-state index contributed by atoms with van der Waals surface area (Å²) < 4.78 is 5.04. The monoisotopic (exact) mass is 408 g/mol. The summed E-state index contributed by atoms with van der Waals surface area (Å²) in [5, 5.41) is 2.52. The van der Waals surface area contributed by atoms with Gasteiger partial charge in [0.2, 0.25) is 5.91 Å². The van der Waals surface area contributed by atoms with E-state index in [1.165, 1.54) is 5.56 Å². The molecule has 0 radical (unpaired) electrons. The van der Waals surface area contributed by atoms with Gasteiger partial charge in [-0.2, -0.15) is 0 Å². The summed E-state index contributed by atoms with van der Waals surface area (Å²) in [4.78, 5) is 37.8. The molecular weight excluding hydrogens is 380 g/mol. The molecular formula is C24H28N2O4. The Labute approximate surface area is 177 Å². The lowest BCUT2D eigenvalue weighted by molar-refractivity contribution is -0.152. The number of amides is 2. The maximum absolute atomic E-state index is 12.3. The van der Waals surface area contributed by atoms with Crippen molar-refractivity contribution in [3.8, 4) is 0 Å². The van der Waals surface area contributed by atoms with Crippen molar-refractivity contribution in [2.24, 2.45) is 5.92 Å². The number of carbonyl (C=O) groups is 3. The van der Waals surface area contributed by atoms with Gasteiger partial charge in [0.15, 0.2) is 6.61 Å². The van der Waals surface area contributed by atoms with Crippen LogP contribution in [0.2, 0.25) is 0 Å². The lowest BCUT2D eigenvalue weighted by Crippen LogP contribution is -2.41. The highest BCUT2D eigenvalue weighted by atomic mass is 16.5. The van der Waals surface area contributed by atoms with Crippen molar-refractivity contribution in [2.75, 3.05) is 26.2 Å². The number of hydrogen-bond acceptors (Lipinski definition) is 4. The number of ether oxygens (including phenoxy) is 1. The first-order chi connectivity index (χ1) is 14.6. The number of piperidine rings is 1. The average Bonchev–Trinajstić information content (AvgIpc) is 2.78. The standard InChI is InChI=1S/C24H28N2O4/c27-22(16-20-9-5-2-6-10-20)25-17-24(29)30-18-23(28)26-13-11-21(12-14-26)15-19-7-3-1-4-8-19/h1-10,21H,11-18H2,(H,25,27). The second-order valence-corrected chi connectivity index (χ2v) is 7.61. The fraction of sp³-hybridized carbons (Fsp3) is 0.375. The molecule has 0 atom stereocenters. The van der Waals surface area contributed by atoms with Crippen molar-refractivity contribution in [2.45, 2.75) is 25.7 Å². The largest absolute Gasteiger partial charge is 0.454 e. The van der Waals surface area contributed by atoms with Gasteiger partial charge >= 0.3 is 5.97 Å². The third-order valence-corrected chi connectivity index (χ3v) is 5.33. The maximum Gasteiger partial charge on any atom is 0.325 e. The number of likely N-dealkylation sites (tertiary alicyclic amines) is 1. The van der Waals surface area contributed by atoms with Crippen molar-refractivity contribution < 1.29 is 19.1 Å². The minimum atomic E-state index is -0.608. The molecule has 1 heterocycles. The Balaban J connectivity index is 1.30. The topological polar surface area (TPSA) is 75.7 Å². The number of esters is 1. The Bertz CT molecular complexity index is 831. The molecule has 0 unspecified atom stereocenters. The fourth-order valence-electron chi connectivity index (χ4n) is 3.63. The minimum Gasteiger partial charge on any atom is -0.454 e. The lowest BCUT2D eigenvalue weighted by Gasteiger charge is -2.32. The van der Waals surface area contributed by atoms with E-state index < -0.39 is 5.97 Å². The number of hydrogen-bond donors (Lipinski definition) is 1. The van der Waals surface area contributed by atoms with E-state index in [1.54, 1.807) is 4.90 Å². The molecule has 0 spiro atoms. The highest BCUT2D eigenvalue weighted by Crippen LogP contribution is 2.21. The van der Waals surface area contributed by atoms with Crippen LogP contribution in [0.15, 0.2) is 60.7 Å². The van der Waals surface area contributed by atoms with Crippen LogP contribution in [0.3, 0.4) is 0 Å². The van der Waals surface area contributed by atoms with Gasteiger partial charge in [-0.1, -0.05) is 60.7 Å². The summed E-state index contributed by atoms with van der Waals surface area (Å²) in [7, 11) is 0. The molecule has 1 saturated heterocycles. The Hall–Kier alpha value is -3.15. The SMILES string of the molecule is O=C(Cc1ccccc1)NCC(=O)OCC(=O)N1CCC(Cc2ccccc2)CC1. The van der Waals surface area contributed by atoms with Gasteiger partial charge in [0.05, 0.1) is 6.42 Å². The number of carbonyl (C=O) groups excluding carboxylic acids is 3. The van der Waals surface area contributed by atoms with Crippen LogP contribution in [-0.4, -0.2) is 48.9 Å². The molecule has 0 saturated carbocycles. The summed E-state index contributed by atoms with van der Waals surface area (Å²) in [6, 6.07) is 19.7. The third-order valence-electron chi connectivity index (χ3n) is 5.33. The summed E-state index contributed by atoms with van der Waals surface area (Å²) >= 11 is 0. The van der Waals surface area contributed by atoms with Crippen molar-refractivity contribution >= 4 is 17.8 Å². The van der Waals surface area contributed by atoms with Crippen molar-refractivity contribution in [3.05, 3.63) is 71.8 Å². The molecule has 1 aliphatic heterocycles. The molecule has 3 rings (SSSR count). The van der Waals surface area contributed by atoms with Gasteiger partial charge < -0.3 is 15.0 Å². The second kappa shape index (κ2) is 11.1. The first-order valence-electron chi connectivity index (χ1n) is 10.4. The summed E-state index contributed by atoms with van der Waals surface area (Å²) in [5.41, 5.74) is 2.19. The molecule has 158 valence electrons. The molecule has 6 nitrogen and oxygen atoms in total. The summed E-state index contributed by atoms with van der Waals surface area (Å²) in [5.74, 6) is -0.482. The third kappa shape index (κ3) is 7.03. The quantitative estimate of drug-likeness (QED) is 0.681. The molecule has 2 aromatic rings. The van der Waals surface area contributed by atoms with Crippen molar-refractivity contribution in [1.82, 2.24) is 10.2 Å². The summed E-state index contributed by atoms with van der Waals surface area (Å²) in [6.45, 7) is 0.845. The zero-order valence-corrected chi connectivity index (χ0v) is 17.1. The van der Waals surface area contributed by atoms with Crippen LogP contribution >= 0.6 is 0 Å². The Morgan fingerprint density at radius 3 is 2.13 bits per heavy atom. The zero-order chi connectivity index (χ0) is 21.2. The van der Waals surface area contributed by atoms with E-state index in [1.807, 2.05) is 48.5 Å². The normalized spacial score (nSPS) is 14.2. The van der Waals surface area contributed by atoms with E-state index in [-0.39, 0.29) is 31.4 Å². The van der Waals surface area contributed by atoms with Gasteiger partial charge in [-0.15, -0.1) is 0 Å². The first kappa shape index (κ1) is 21.6. The van der Waals surface area contributed by atoms with Crippen LogP contribution in [0.1, 0.15) is 24.0 Å². The van der Waals surface area contributed by atoms with Gasteiger partial charge in [-0.05, 0) is 36.3 Å². The van der Waals surface area contributed by atoms with Crippen LogP contribution < -0.4 is 5.32 Å². The number of rotatable bonds is 8. The van der Waals surface area contributed by atoms with Crippen molar-refractivity contribution in [1.29, 1.82) is 0 Å². The van der Waals surface area contributed by atoms with Gasteiger partial charge in [-0.3, -0.25) is 14.4 Å². The first-order valence-corrected chi connectivity index (χ1v) is 10.4. The van der Waals surface area contributed by atoms with E-state index in [2.05, 4.69) is 17.4 Å². The predicted molar refractivity (Wildman–Crippen MR) is 114 cm³/mol. The van der Waals surface area contributed by atoms with Gasteiger partial charge in [0.25, 0.3) is 5.91 Å². The molecule has 1 N–H and O–H groups in total. The second-order valence-electron chi connectivity index (χ2n) is 7.61. The molecule has 30 heavy (non-hydrogen) atoms. The van der Waals surface area contributed by atoms with Crippen LogP contribution in [0.25, 0.3) is 0 Å². The Morgan fingerprint density at radius 2 is 1.50 bits per heavy atom. The van der Waals surface area contributed by atoms with Gasteiger partial charge in [0.1, 0.15) is 6.54 Å². The van der Waals surface area contributed by atoms with Crippen LogP contribution in [0.5, 0.6) is 0 Å². The van der Waals surface area contributed by atoms with E-state index in [0.717, 1.165) is 24.8 Å². The van der Waals surface area contributed by atoms with E-state index >= 15 is 0 Å². The molecule has 1 aliphatic rings. The van der Waals surface area contributed by atoms with E-state index in [9.17, 15) is 14.4 Å². The highest BCUT2D eigenvalue weighted by Gasteiger charge is 2.23. The predicted octanol–water partition coefficient (Wildman–Crippen LogP) is 2.37. The number of nitrogens with zero attached hydrogens (tertiary/aromatic N) is 1. The highest BCUT2D eigenvalue weighted by molar-refractivity contribution is 5.85. The molecule has 2 amide bonds. The Morgan fingerprint density at radius 1 is 0.900 bits per heavy atom. The van der Waals surface area contributed by atoms with E-state index in [4.69, 9.17) is 4.74 Å². The Kier molecular flexibility index (Phi) is 8.01. The number of nitrogens with one attached hydrogen (secondary N) is 1. The lowest BCUT2D eigenvalue weighted by atomic mass is 9.90. The van der Waals surface area contributed by atoms with Gasteiger partial charge in [0, 0.05) is 13.1 Å². The summed E-state index contributed by atoms with van der Waals surface area (Å²) in [6.07, 6.45) is 3.12. The molecule has 0 bridgehead atoms. The molecule has 1 fully saturated rings. The van der Waals surface area contributed by atoms with E-state index in [0.29, 0.717) is 19.0 Å². The van der Waals surface area contributed by atoms with Crippen molar-refractivity contribution in [3.63, 3.8) is 0 Å². The van der Waals surface area contributed by atoms with Crippen LogP contribution in [0.4, 0.5) is 0 Å². The molecule has 2 aromatic carbocycles. The number of benzene rings is 2.